The summed E-state index contributed by atoms with van der Waals surface area (Å²) in [5, 5.41) is 21.6. The third-order valence-corrected chi connectivity index (χ3v) is 7.28. The van der Waals surface area contributed by atoms with Gasteiger partial charge in [-0.2, -0.15) is 0 Å². The van der Waals surface area contributed by atoms with Crippen LogP contribution in [0.25, 0.3) is 5.76 Å². The van der Waals surface area contributed by atoms with Gasteiger partial charge >= 0.3 is 11.9 Å². The van der Waals surface area contributed by atoms with Gasteiger partial charge in [-0.25, -0.2) is 9.78 Å². The van der Waals surface area contributed by atoms with Gasteiger partial charge in [0.1, 0.15) is 23.9 Å². The van der Waals surface area contributed by atoms with E-state index in [9.17, 15) is 24.6 Å². The molecular formula is C26H22N2O9S. The van der Waals surface area contributed by atoms with Crippen LogP contribution in [-0.4, -0.2) is 60.3 Å². The van der Waals surface area contributed by atoms with Crippen LogP contribution in [-0.2, 0) is 14.3 Å². The monoisotopic (exact) mass is 538 g/mol. The molecule has 0 bridgehead atoms. The summed E-state index contributed by atoms with van der Waals surface area (Å²) in [5.74, 6) is -2.18. The van der Waals surface area contributed by atoms with Crippen LogP contribution in [0.2, 0.25) is 0 Å². The number of esters is 1. The molecule has 0 aliphatic carbocycles. The zero-order valence-corrected chi connectivity index (χ0v) is 21.3. The van der Waals surface area contributed by atoms with Crippen molar-refractivity contribution in [2.45, 2.75) is 13.0 Å². The molecule has 11 nitrogen and oxygen atoms in total. The van der Waals surface area contributed by atoms with Gasteiger partial charge in [0.25, 0.3) is 5.78 Å². The maximum atomic E-state index is 13.4. The lowest BCUT2D eigenvalue weighted by atomic mass is 9.95. The van der Waals surface area contributed by atoms with E-state index >= 15 is 0 Å². The first-order chi connectivity index (χ1) is 18.2. The van der Waals surface area contributed by atoms with E-state index in [2.05, 4.69) is 4.98 Å². The Hall–Kier alpha value is -4.58. The number of phenolic OH excluding ortho intramolecular Hbond substituents is 1. The highest BCUT2D eigenvalue weighted by molar-refractivity contribution is 7.17. The minimum atomic E-state index is -1.16. The van der Waals surface area contributed by atoms with Crippen molar-refractivity contribution in [1.29, 1.82) is 0 Å². The van der Waals surface area contributed by atoms with Crippen LogP contribution in [0.1, 0.15) is 32.5 Å². The first kappa shape index (κ1) is 25.1. The van der Waals surface area contributed by atoms with Gasteiger partial charge in [-0.15, -0.1) is 0 Å². The normalized spacial score (nSPS) is 18.0. The van der Waals surface area contributed by atoms with Crippen molar-refractivity contribution in [3.8, 4) is 23.0 Å². The number of hydrogen-bond acceptors (Lipinski definition) is 11. The van der Waals surface area contributed by atoms with Crippen LogP contribution in [0.3, 0.4) is 0 Å². The number of aliphatic hydroxyl groups is 1. The number of carbonyl (C=O) groups excluding carboxylic acids is 3. The number of fused-ring (bicyclic) bond motifs is 1. The highest BCUT2D eigenvalue weighted by Crippen LogP contribution is 2.46. The van der Waals surface area contributed by atoms with Crippen LogP contribution in [0, 0.1) is 6.92 Å². The summed E-state index contributed by atoms with van der Waals surface area (Å²) in [6.07, 6.45) is 0. The molecule has 1 fully saturated rings. The third-order valence-electron chi connectivity index (χ3n) is 6.14. The minimum absolute atomic E-state index is 0.0586. The first-order valence-electron chi connectivity index (χ1n) is 11.4. The number of hydrogen-bond donors (Lipinski definition) is 2. The summed E-state index contributed by atoms with van der Waals surface area (Å²) in [7, 11) is 2.58. The number of aryl methyl sites for hydroxylation is 1. The molecule has 2 aliphatic heterocycles. The summed E-state index contributed by atoms with van der Waals surface area (Å²) in [4.78, 5) is 44.7. The topological polar surface area (TPSA) is 145 Å². The molecule has 2 aliphatic rings. The predicted molar refractivity (Wildman–Crippen MR) is 135 cm³/mol. The molecule has 0 spiro atoms. The second-order valence-electron chi connectivity index (χ2n) is 8.36. The zero-order valence-electron chi connectivity index (χ0n) is 20.5. The number of phenols is 1. The predicted octanol–water partition coefficient (Wildman–Crippen LogP) is 3.35. The highest BCUT2D eigenvalue weighted by atomic mass is 32.1. The van der Waals surface area contributed by atoms with Crippen molar-refractivity contribution >= 4 is 39.9 Å². The molecule has 1 unspecified atom stereocenters. The molecule has 1 saturated heterocycles. The standard InChI is InChI=1S/C26H22N2O9S/c1-12-23(25(33)35-3)38-26(27-12)28-20(13-4-6-15(29)17(10-13)34-2)19(22(31)24(28)32)21(30)14-5-7-16-18(11-14)37-9-8-36-16/h4-7,10-11,20,29-30H,8-9H2,1-3H3/b21-19+. The number of aromatic nitrogens is 1. The van der Waals surface area contributed by atoms with Gasteiger partial charge in [0, 0.05) is 5.56 Å². The highest BCUT2D eigenvalue weighted by Gasteiger charge is 2.48. The number of ether oxygens (including phenoxy) is 4. The fraction of sp³-hybridized carbons (Fsp3) is 0.231. The summed E-state index contributed by atoms with van der Waals surface area (Å²) in [5.41, 5.74) is 0.679. The van der Waals surface area contributed by atoms with Crippen LogP contribution in [0.4, 0.5) is 5.13 Å². The average Bonchev–Trinajstić information content (AvgIpc) is 3.44. The third kappa shape index (κ3) is 4.08. The van der Waals surface area contributed by atoms with Gasteiger partial charge in [0.05, 0.1) is 31.5 Å². The molecule has 196 valence electrons. The van der Waals surface area contributed by atoms with Crippen molar-refractivity contribution in [1.82, 2.24) is 4.98 Å². The summed E-state index contributed by atoms with van der Waals surface area (Å²) < 4.78 is 21.2. The molecule has 12 heteroatoms. The maximum absolute atomic E-state index is 13.4. The van der Waals surface area contributed by atoms with Gasteiger partial charge in [0.15, 0.2) is 28.1 Å². The van der Waals surface area contributed by atoms with E-state index in [1.165, 1.54) is 38.5 Å². The fourth-order valence-electron chi connectivity index (χ4n) is 4.32. The molecule has 0 saturated carbocycles. The number of ketones is 1. The Balaban J connectivity index is 1.71. The van der Waals surface area contributed by atoms with E-state index in [-0.39, 0.29) is 32.6 Å². The summed E-state index contributed by atoms with van der Waals surface area (Å²) in [6.45, 7) is 2.28. The fourth-order valence-corrected chi connectivity index (χ4v) is 5.33. The molecule has 5 rings (SSSR count). The number of amides is 1. The molecule has 3 heterocycles. The Kier molecular flexibility index (Phi) is 6.41. The number of anilines is 1. The van der Waals surface area contributed by atoms with E-state index in [0.29, 0.717) is 36.0 Å². The van der Waals surface area contributed by atoms with Crippen LogP contribution < -0.4 is 19.1 Å². The lowest BCUT2D eigenvalue weighted by Crippen LogP contribution is -2.29. The molecule has 1 atom stereocenters. The second-order valence-corrected chi connectivity index (χ2v) is 9.34. The molecule has 2 N–H and O–H groups in total. The van der Waals surface area contributed by atoms with Crippen molar-refractivity contribution in [3.05, 3.63) is 63.7 Å². The van der Waals surface area contributed by atoms with Crippen LogP contribution >= 0.6 is 11.3 Å². The average molecular weight is 539 g/mol. The Morgan fingerprint density at radius 1 is 1.11 bits per heavy atom. The second kappa shape index (κ2) is 9.71. The molecule has 1 amide bonds. The first-order valence-corrected chi connectivity index (χ1v) is 12.2. The van der Waals surface area contributed by atoms with Crippen molar-refractivity contribution in [2.24, 2.45) is 0 Å². The lowest BCUT2D eigenvalue weighted by molar-refractivity contribution is -0.132. The van der Waals surface area contributed by atoms with Gasteiger partial charge in [0.2, 0.25) is 0 Å². The van der Waals surface area contributed by atoms with E-state index in [1.54, 1.807) is 19.1 Å². The Morgan fingerprint density at radius 3 is 2.55 bits per heavy atom. The SMILES string of the molecule is COC(=O)c1sc(N2C(=O)C(=O)/C(=C(/O)c3ccc4c(c3)OCCO4)C2c2ccc(O)c(OC)c2)nc1C. The Morgan fingerprint density at radius 2 is 1.84 bits per heavy atom. The smallest absolute Gasteiger partial charge is 0.350 e. The van der Waals surface area contributed by atoms with Crippen molar-refractivity contribution in [2.75, 3.05) is 32.3 Å². The number of rotatable bonds is 5. The maximum Gasteiger partial charge on any atom is 0.350 e. The molecule has 3 aromatic rings. The van der Waals surface area contributed by atoms with E-state index in [4.69, 9.17) is 18.9 Å². The van der Waals surface area contributed by atoms with E-state index in [1.807, 2.05) is 0 Å². The van der Waals surface area contributed by atoms with Crippen LogP contribution in [0.15, 0.2) is 42.0 Å². The Labute approximate surface area is 220 Å². The largest absolute Gasteiger partial charge is 0.507 e. The van der Waals surface area contributed by atoms with Gasteiger partial charge < -0.3 is 29.2 Å². The number of methoxy groups -OCH3 is 2. The van der Waals surface area contributed by atoms with Gasteiger partial charge in [-0.05, 0) is 42.8 Å². The van der Waals surface area contributed by atoms with E-state index in [0.717, 1.165) is 16.2 Å². The van der Waals surface area contributed by atoms with E-state index < -0.39 is 29.5 Å². The van der Waals surface area contributed by atoms with Crippen LogP contribution in [0.5, 0.6) is 23.0 Å². The van der Waals surface area contributed by atoms with Crippen molar-refractivity contribution < 1.29 is 43.5 Å². The number of nitrogens with zero attached hydrogens (tertiary/aromatic N) is 2. The molecule has 0 radical (unpaired) electrons. The number of carbonyl (C=O) groups is 3. The summed E-state index contributed by atoms with van der Waals surface area (Å²) >= 11 is 0.881. The number of Topliss-reactive ketones (excluding diaryl/α,β-unsaturated/α-hetero) is 1. The summed E-state index contributed by atoms with van der Waals surface area (Å²) in [6, 6.07) is 7.82. The number of benzene rings is 2. The minimum Gasteiger partial charge on any atom is -0.507 e. The number of thiazole rings is 1. The quantitative estimate of drug-likeness (QED) is 0.215. The van der Waals surface area contributed by atoms with Crippen molar-refractivity contribution in [3.63, 3.8) is 0 Å². The Bertz CT molecular complexity index is 1510. The molecule has 38 heavy (non-hydrogen) atoms. The number of aliphatic hydroxyl groups excluding tert-OH is 1. The zero-order chi connectivity index (χ0) is 27.1. The van der Waals surface area contributed by atoms with Gasteiger partial charge in [-0.1, -0.05) is 17.4 Å². The molecule has 1 aromatic heterocycles. The molecular weight excluding hydrogens is 516 g/mol. The van der Waals surface area contributed by atoms with Gasteiger partial charge in [-0.3, -0.25) is 14.5 Å². The number of aromatic hydroxyl groups is 1. The molecule has 2 aromatic carbocycles. The lowest BCUT2D eigenvalue weighted by Gasteiger charge is -2.24.